The summed E-state index contributed by atoms with van der Waals surface area (Å²) < 4.78 is 17.7. The summed E-state index contributed by atoms with van der Waals surface area (Å²) in [6.45, 7) is 3.93. The Kier molecular flexibility index (Phi) is 6.45. The van der Waals surface area contributed by atoms with Crippen molar-refractivity contribution < 1.29 is 19.0 Å². The summed E-state index contributed by atoms with van der Waals surface area (Å²) in [5.74, 6) is 1.95. The molecule has 0 bridgehead atoms. The normalized spacial score (nSPS) is 16.0. The average Bonchev–Trinajstić information content (AvgIpc) is 3.25. The van der Waals surface area contributed by atoms with E-state index >= 15 is 0 Å². The maximum Gasteiger partial charge on any atom is 0.248 e. The van der Waals surface area contributed by atoms with E-state index in [9.17, 15) is 4.79 Å². The van der Waals surface area contributed by atoms with Gasteiger partial charge in [0.05, 0.1) is 7.11 Å². The third kappa shape index (κ3) is 4.94. The van der Waals surface area contributed by atoms with E-state index < -0.39 is 0 Å². The van der Waals surface area contributed by atoms with E-state index in [1.165, 1.54) is 0 Å². The van der Waals surface area contributed by atoms with Crippen molar-refractivity contribution >= 4 is 11.6 Å². The first-order valence-electron chi connectivity index (χ1n) is 10.7. The lowest BCUT2D eigenvalue weighted by molar-refractivity contribution is -0.112. The number of methoxy groups -OCH3 is 1. The third-order valence-electron chi connectivity index (χ3n) is 5.50. The van der Waals surface area contributed by atoms with Crippen LogP contribution in [0.3, 0.4) is 0 Å². The molecule has 1 heterocycles. The predicted octanol–water partition coefficient (Wildman–Crippen LogP) is 5.72. The summed E-state index contributed by atoms with van der Waals surface area (Å²) in [5, 5.41) is 2.87. The van der Waals surface area contributed by atoms with Crippen LogP contribution in [-0.2, 0) is 11.2 Å². The average molecular weight is 430 g/mol. The third-order valence-corrected chi connectivity index (χ3v) is 5.50. The number of anilines is 1. The Balaban J connectivity index is 1.44. The van der Waals surface area contributed by atoms with Crippen molar-refractivity contribution in [3.8, 4) is 17.2 Å². The Morgan fingerprint density at radius 3 is 2.66 bits per heavy atom. The summed E-state index contributed by atoms with van der Waals surface area (Å²) in [5.41, 5.74) is 3.71. The van der Waals surface area contributed by atoms with Gasteiger partial charge in [0.2, 0.25) is 5.91 Å². The minimum absolute atomic E-state index is 0.101. The second-order valence-electron chi connectivity index (χ2n) is 7.84. The van der Waals surface area contributed by atoms with Crippen LogP contribution in [0.4, 0.5) is 5.69 Å². The van der Waals surface area contributed by atoms with Crippen LogP contribution in [0.1, 0.15) is 31.1 Å². The molecule has 4 rings (SSSR count). The molecule has 0 fully saturated rings. The SMILES string of the molecule is COc1cccc(NC(=O)/C=C(/C)C2Cc3cccc(OC(C)c4ccccc4)c3O2)c1. The molecule has 5 heteroatoms. The Bertz CT molecular complexity index is 1120. The van der Waals surface area contributed by atoms with Gasteiger partial charge >= 0.3 is 0 Å². The van der Waals surface area contributed by atoms with Crippen molar-refractivity contribution in [3.63, 3.8) is 0 Å². The molecule has 2 atom stereocenters. The zero-order chi connectivity index (χ0) is 22.5. The quantitative estimate of drug-likeness (QED) is 0.488. The number of nitrogens with one attached hydrogen (secondary N) is 1. The maximum absolute atomic E-state index is 12.5. The van der Waals surface area contributed by atoms with Gasteiger partial charge in [0.25, 0.3) is 0 Å². The molecule has 0 saturated heterocycles. The number of amides is 1. The zero-order valence-electron chi connectivity index (χ0n) is 18.5. The molecule has 1 aliphatic rings. The Morgan fingerprint density at radius 1 is 1.09 bits per heavy atom. The van der Waals surface area contributed by atoms with Gasteiger partial charge in [-0.05, 0) is 43.2 Å². The summed E-state index contributed by atoms with van der Waals surface area (Å²) in [6.07, 6.45) is 1.97. The van der Waals surface area contributed by atoms with Gasteiger partial charge < -0.3 is 19.5 Å². The van der Waals surface area contributed by atoms with Gasteiger partial charge in [-0.2, -0.15) is 0 Å². The molecule has 0 aromatic heterocycles. The standard InChI is InChI=1S/C27H27NO4/c1-18(15-26(29)28-22-12-8-13-23(17-22)30-3)25-16-21-11-7-14-24(27(21)32-25)31-19(2)20-9-5-4-6-10-20/h4-15,17,19,25H,16H2,1-3H3,(H,28,29)/b18-15-. The van der Waals surface area contributed by atoms with Crippen molar-refractivity contribution in [1.82, 2.24) is 0 Å². The van der Waals surface area contributed by atoms with Crippen LogP contribution >= 0.6 is 0 Å². The lowest BCUT2D eigenvalue weighted by Crippen LogP contribution is -2.17. The summed E-state index contributed by atoms with van der Waals surface area (Å²) in [7, 11) is 1.60. The van der Waals surface area contributed by atoms with Gasteiger partial charge in [0, 0.05) is 29.8 Å². The van der Waals surface area contributed by atoms with Crippen LogP contribution in [0, 0.1) is 0 Å². The zero-order valence-corrected chi connectivity index (χ0v) is 18.5. The molecule has 3 aromatic carbocycles. The molecule has 3 aromatic rings. The first-order valence-corrected chi connectivity index (χ1v) is 10.7. The van der Waals surface area contributed by atoms with Gasteiger partial charge in [-0.1, -0.05) is 48.5 Å². The van der Waals surface area contributed by atoms with E-state index in [0.29, 0.717) is 17.9 Å². The largest absolute Gasteiger partial charge is 0.497 e. The molecule has 5 nitrogen and oxygen atoms in total. The lowest BCUT2D eigenvalue weighted by atomic mass is 10.0. The van der Waals surface area contributed by atoms with E-state index in [-0.39, 0.29) is 18.1 Å². The number of ether oxygens (including phenoxy) is 3. The fourth-order valence-corrected chi connectivity index (χ4v) is 3.75. The summed E-state index contributed by atoms with van der Waals surface area (Å²) in [4.78, 5) is 12.5. The number of hydrogen-bond acceptors (Lipinski definition) is 4. The number of benzene rings is 3. The number of carbonyl (C=O) groups is 1. The highest BCUT2D eigenvalue weighted by atomic mass is 16.5. The highest BCUT2D eigenvalue weighted by Gasteiger charge is 2.28. The van der Waals surface area contributed by atoms with E-state index in [4.69, 9.17) is 14.2 Å². The Hall–Kier alpha value is -3.73. The van der Waals surface area contributed by atoms with Gasteiger partial charge in [-0.3, -0.25) is 4.79 Å². The highest BCUT2D eigenvalue weighted by Crippen LogP contribution is 2.41. The molecule has 2 unspecified atom stereocenters. The molecule has 1 amide bonds. The minimum atomic E-state index is -0.210. The fourth-order valence-electron chi connectivity index (χ4n) is 3.75. The number of hydrogen-bond donors (Lipinski definition) is 1. The molecule has 32 heavy (non-hydrogen) atoms. The topological polar surface area (TPSA) is 56.8 Å². The van der Waals surface area contributed by atoms with Crippen LogP contribution in [0.15, 0.2) is 84.4 Å². The maximum atomic E-state index is 12.5. The molecule has 164 valence electrons. The molecule has 0 saturated carbocycles. The number of para-hydroxylation sites is 1. The van der Waals surface area contributed by atoms with Gasteiger partial charge in [0.1, 0.15) is 18.0 Å². The number of carbonyl (C=O) groups excluding carboxylic acids is 1. The van der Waals surface area contributed by atoms with E-state index in [1.807, 2.05) is 80.6 Å². The molecule has 0 radical (unpaired) electrons. The van der Waals surface area contributed by atoms with Gasteiger partial charge in [0.15, 0.2) is 11.5 Å². The van der Waals surface area contributed by atoms with Crippen LogP contribution in [0.5, 0.6) is 17.2 Å². The monoisotopic (exact) mass is 429 g/mol. The first kappa shape index (κ1) is 21.5. The van der Waals surface area contributed by atoms with E-state index in [2.05, 4.69) is 5.32 Å². The Morgan fingerprint density at radius 2 is 1.88 bits per heavy atom. The minimum Gasteiger partial charge on any atom is -0.497 e. The van der Waals surface area contributed by atoms with Crippen LogP contribution < -0.4 is 19.5 Å². The smallest absolute Gasteiger partial charge is 0.248 e. The predicted molar refractivity (Wildman–Crippen MR) is 125 cm³/mol. The second kappa shape index (κ2) is 9.60. The molecule has 0 spiro atoms. The molecule has 0 aliphatic carbocycles. The lowest BCUT2D eigenvalue weighted by Gasteiger charge is -2.18. The van der Waals surface area contributed by atoms with Crippen molar-refractivity contribution in [2.45, 2.75) is 32.5 Å². The molecular formula is C27H27NO4. The summed E-state index contributed by atoms with van der Waals surface area (Å²) in [6, 6.07) is 23.3. The molecular weight excluding hydrogens is 402 g/mol. The van der Waals surface area contributed by atoms with Gasteiger partial charge in [-0.15, -0.1) is 0 Å². The Labute approximate surface area is 188 Å². The van der Waals surface area contributed by atoms with Gasteiger partial charge in [-0.25, -0.2) is 0 Å². The number of fused-ring (bicyclic) bond motifs is 1. The van der Waals surface area contributed by atoms with E-state index in [0.717, 1.165) is 28.2 Å². The second-order valence-corrected chi connectivity index (χ2v) is 7.84. The molecule has 1 N–H and O–H groups in total. The van der Waals surface area contributed by atoms with Crippen molar-refractivity contribution in [3.05, 3.63) is 95.6 Å². The van der Waals surface area contributed by atoms with Crippen molar-refractivity contribution in [1.29, 1.82) is 0 Å². The van der Waals surface area contributed by atoms with Crippen molar-refractivity contribution in [2.24, 2.45) is 0 Å². The van der Waals surface area contributed by atoms with Crippen LogP contribution in [0.25, 0.3) is 0 Å². The summed E-state index contributed by atoms with van der Waals surface area (Å²) >= 11 is 0. The first-order chi connectivity index (χ1) is 15.5. The highest BCUT2D eigenvalue weighted by molar-refractivity contribution is 5.99. The van der Waals surface area contributed by atoms with Crippen LogP contribution in [-0.4, -0.2) is 19.1 Å². The van der Waals surface area contributed by atoms with E-state index in [1.54, 1.807) is 19.3 Å². The number of rotatable bonds is 7. The molecule has 1 aliphatic heterocycles. The van der Waals surface area contributed by atoms with Crippen LogP contribution in [0.2, 0.25) is 0 Å². The fraction of sp³-hybridized carbons (Fsp3) is 0.222. The van der Waals surface area contributed by atoms with Crippen molar-refractivity contribution in [2.75, 3.05) is 12.4 Å².